The Morgan fingerprint density at radius 1 is 1.21 bits per heavy atom. The summed E-state index contributed by atoms with van der Waals surface area (Å²) in [5, 5.41) is 11.0. The summed E-state index contributed by atoms with van der Waals surface area (Å²) in [6, 6.07) is 11.2. The molecule has 6 nitrogen and oxygen atoms in total. The van der Waals surface area contributed by atoms with Gasteiger partial charge < -0.3 is 14.6 Å². The zero-order chi connectivity index (χ0) is 24.0. The Morgan fingerprint density at radius 2 is 1.97 bits per heavy atom. The molecule has 2 aromatic carbocycles. The molecule has 0 saturated heterocycles. The van der Waals surface area contributed by atoms with Crippen LogP contribution in [-0.2, 0) is 20.9 Å². The summed E-state index contributed by atoms with van der Waals surface area (Å²) >= 11 is 7.31. The highest BCUT2D eigenvalue weighted by atomic mass is 35.5. The fraction of sp³-hybridized carbons (Fsp3) is 0.208. The molecule has 0 fully saturated rings. The molecule has 0 saturated carbocycles. The van der Waals surface area contributed by atoms with Crippen LogP contribution in [0.5, 0.6) is 5.75 Å². The average molecular weight is 490 g/mol. The molecule has 1 N–H and O–H groups in total. The minimum Gasteiger partial charge on any atom is -0.506 e. The maximum Gasteiger partial charge on any atom is 0.344 e. The first-order valence-electron chi connectivity index (χ1n) is 10.1. The molecule has 172 valence electrons. The third kappa shape index (κ3) is 6.03. The van der Waals surface area contributed by atoms with Crippen LogP contribution in [0.25, 0.3) is 6.08 Å². The molecule has 0 spiro atoms. The summed E-state index contributed by atoms with van der Waals surface area (Å²) in [5.41, 5.74) is 0.863. The van der Waals surface area contributed by atoms with Gasteiger partial charge in [0.25, 0.3) is 0 Å². The summed E-state index contributed by atoms with van der Waals surface area (Å²) in [5.74, 6) is -1.51. The summed E-state index contributed by atoms with van der Waals surface area (Å²) in [6.45, 7) is 3.41. The molecule has 0 aromatic heterocycles. The van der Waals surface area contributed by atoms with Crippen molar-refractivity contribution in [3.8, 4) is 5.75 Å². The lowest BCUT2D eigenvalue weighted by molar-refractivity contribution is -0.138. The number of nitrogens with zero attached hydrogens (tertiary/aromatic N) is 1. The van der Waals surface area contributed by atoms with Gasteiger partial charge in [-0.25, -0.2) is 14.2 Å². The molecule has 33 heavy (non-hydrogen) atoms. The van der Waals surface area contributed by atoms with E-state index in [1.54, 1.807) is 56.3 Å². The molecule has 1 amide bonds. The summed E-state index contributed by atoms with van der Waals surface area (Å²) in [7, 11) is 0. The lowest BCUT2D eigenvalue weighted by atomic mass is 10.1. The molecular formula is C24H21ClFNO5S. The highest BCUT2D eigenvalue weighted by Gasteiger charge is 2.33. The van der Waals surface area contributed by atoms with E-state index in [-0.39, 0.29) is 46.9 Å². The number of rotatable bonds is 7. The predicted octanol–water partition coefficient (Wildman–Crippen LogP) is 5.86. The number of aliphatic imine (C=N–C) groups is 1. The van der Waals surface area contributed by atoms with Gasteiger partial charge in [-0.15, -0.1) is 0 Å². The second-order valence-corrected chi connectivity index (χ2v) is 8.23. The second kappa shape index (κ2) is 11.2. The number of carbonyl (C=O) groups is 2. The van der Waals surface area contributed by atoms with Crippen molar-refractivity contribution in [1.82, 2.24) is 0 Å². The topological polar surface area (TPSA) is 85.2 Å². The predicted molar refractivity (Wildman–Crippen MR) is 127 cm³/mol. The molecule has 0 atom stereocenters. The van der Waals surface area contributed by atoms with E-state index in [9.17, 15) is 19.1 Å². The maximum atomic E-state index is 13.8. The minimum absolute atomic E-state index is 0.0143. The standard InChI is InChI=1S/C24H21ClFNO5S/c1-3-20(28)27-23-21(24(30)31-4-2)22(29)19(33-23)12-14-9-10-18(16(25)11-14)32-13-15-7-5-6-8-17(15)26/h5-12,29H,3-4,13H2,1-2H3/b19-12-,27-23?. The second-order valence-electron chi connectivity index (χ2n) is 6.79. The van der Waals surface area contributed by atoms with E-state index in [4.69, 9.17) is 21.1 Å². The first-order chi connectivity index (χ1) is 15.8. The highest BCUT2D eigenvalue weighted by Crippen LogP contribution is 2.40. The van der Waals surface area contributed by atoms with E-state index in [1.807, 2.05) is 0 Å². The van der Waals surface area contributed by atoms with Crippen molar-refractivity contribution in [2.24, 2.45) is 4.99 Å². The molecule has 0 aliphatic carbocycles. The fourth-order valence-electron chi connectivity index (χ4n) is 2.83. The van der Waals surface area contributed by atoms with Gasteiger partial charge >= 0.3 is 5.97 Å². The average Bonchev–Trinajstić information content (AvgIpc) is 3.08. The van der Waals surface area contributed by atoms with E-state index in [1.165, 1.54) is 6.07 Å². The number of amides is 1. The minimum atomic E-state index is -0.761. The number of halogens is 2. The van der Waals surface area contributed by atoms with Crippen LogP contribution in [0.4, 0.5) is 4.39 Å². The summed E-state index contributed by atoms with van der Waals surface area (Å²) < 4.78 is 24.4. The molecule has 2 aromatic rings. The Balaban J connectivity index is 1.85. The molecule has 0 radical (unpaired) electrons. The van der Waals surface area contributed by atoms with Gasteiger partial charge in [0.1, 0.15) is 34.5 Å². The SMILES string of the molecule is CCOC(=O)C1=C(O)/C(=C/c2ccc(OCc3ccccc3F)c(Cl)c2)SC1=NC(=O)CC. The first-order valence-corrected chi connectivity index (χ1v) is 11.3. The largest absolute Gasteiger partial charge is 0.506 e. The third-order valence-corrected chi connectivity index (χ3v) is 5.81. The van der Waals surface area contributed by atoms with Crippen LogP contribution in [0.3, 0.4) is 0 Å². The van der Waals surface area contributed by atoms with E-state index < -0.39 is 11.9 Å². The van der Waals surface area contributed by atoms with Crippen molar-refractivity contribution in [2.45, 2.75) is 26.9 Å². The quantitative estimate of drug-likeness (QED) is 0.490. The zero-order valence-corrected chi connectivity index (χ0v) is 19.5. The number of carbonyl (C=O) groups excluding carboxylic acids is 2. The van der Waals surface area contributed by atoms with E-state index in [0.717, 1.165) is 11.8 Å². The van der Waals surface area contributed by atoms with Gasteiger partial charge in [0.05, 0.1) is 16.5 Å². The van der Waals surface area contributed by atoms with E-state index in [0.29, 0.717) is 21.8 Å². The highest BCUT2D eigenvalue weighted by molar-refractivity contribution is 8.18. The molecule has 1 aliphatic heterocycles. The smallest absolute Gasteiger partial charge is 0.344 e. The Hall–Kier alpha value is -3.10. The number of thioether (sulfide) groups is 1. The number of hydrogen-bond acceptors (Lipinski definition) is 6. The van der Waals surface area contributed by atoms with Crippen LogP contribution in [0.2, 0.25) is 5.02 Å². The fourth-order valence-corrected chi connectivity index (χ4v) is 4.11. The Morgan fingerprint density at radius 3 is 2.64 bits per heavy atom. The van der Waals surface area contributed by atoms with Crippen molar-refractivity contribution >= 4 is 46.4 Å². The molecule has 1 heterocycles. The Kier molecular flexibility index (Phi) is 8.30. The number of hydrogen-bond donors (Lipinski definition) is 1. The number of benzene rings is 2. The van der Waals surface area contributed by atoms with Crippen LogP contribution < -0.4 is 4.74 Å². The lowest BCUT2D eigenvalue weighted by Crippen LogP contribution is -2.14. The van der Waals surface area contributed by atoms with Crippen molar-refractivity contribution in [2.75, 3.05) is 6.61 Å². The van der Waals surface area contributed by atoms with Gasteiger partial charge in [0.15, 0.2) is 0 Å². The Bertz CT molecular complexity index is 1180. The van der Waals surface area contributed by atoms with Crippen LogP contribution in [0, 0.1) is 5.82 Å². The molecular weight excluding hydrogens is 469 g/mol. The number of esters is 1. The monoisotopic (exact) mass is 489 g/mol. The molecule has 9 heteroatoms. The van der Waals surface area contributed by atoms with Crippen LogP contribution in [-0.4, -0.2) is 28.6 Å². The normalized spacial score (nSPS) is 15.9. The van der Waals surface area contributed by atoms with Crippen molar-refractivity contribution in [1.29, 1.82) is 0 Å². The van der Waals surface area contributed by atoms with Gasteiger partial charge in [-0.1, -0.05) is 54.6 Å². The maximum absolute atomic E-state index is 13.8. The van der Waals surface area contributed by atoms with Crippen LogP contribution in [0.15, 0.2) is 63.7 Å². The molecule has 0 unspecified atom stereocenters. The summed E-state index contributed by atoms with van der Waals surface area (Å²) in [4.78, 5) is 28.3. The van der Waals surface area contributed by atoms with Crippen molar-refractivity contribution < 1.29 is 28.6 Å². The zero-order valence-electron chi connectivity index (χ0n) is 17.9. The summed E-state index contributed by atoms with van der Waals surface area (Å²) in [6.07, 6.45) is 1.76. The van der Waals surface area contributed by atoms with Crippen LogP contribution >= 0.6 is 23.4 Å². The number of ether oxygens (including phenoxy) is 2. The molecule has 0 bridgehead atoms. The van der Waals surface area contributed by atoms with Gasteiger partial charge in [0, 0.05) is 12.0 Å². The first kappa shape index (κ1) is 24.5. The Labute approximate surface area is 199 Å². The third-order valence-electron chi connectivity index (χ3n) is 4.49. The molecule has 1 aliphatic rings. The van der Waals surface area contributed by atoms with Gasteiger partial charge in [-0.3, -0.25) is 4.79 Å². The van der Waals surface area contributed by atoms with Crippen molar-refractivity contribution in [3.63, 3.8) is 0 Å². The van der Waals surface area contributed by atoms with Gasteiger partial charge in [-0.05, 0) is 36.8 Å². The molecule has 3 rings (SSSR count). The van der Waals surface area contributed by atoms with E-state index >= 15 is 0 Å². The number of aliphatic hydroxyl groups is 1. The number of aliphatic hydroxyl groups excluding tert-OH is 1. The van der Waals surface area contributed by atoms with E-state index in [2.05, 4.69) is 4.99 Å². The van der Waals surface area contributed by atoms with Gasteiger partial charge in [-0.2, -0.15) is 0 Å². The van der Waals surface area contributed by atoms with Crippen molar-refractivity contribution in [3.05, 3.63) is 80.7 Å². The lowest BCUT2D eigenvalue weighted by Gasteiger charge is -2.09. The van der Waals surface area contributed by atoms with Crippen LogP contribution in [0.1, 0.15) is 31.4 Å². The van der Waals surface area contributed by atoms with Gasteiger partial charge in [0.2, 0.25) is 5.91 Å².